The molecule has 0 aromatic carbocycles. The summed E-state index contributed by atoms with van der Waals surface area (Å²) in [5.74, 6) is 0. The van der Waals surface area contributed by atoms with Crippen LogP contribution in [0.15, 0.2) is 0 Å². The number of rotatable bonds is 0. The van der Waals surface area contributed by atoms with Crippen LogP contribution in [-0.4, -0.2) is 0 Å². The molecule has 0 unspecified atom stereocenters. The average Bonchev–Trinajstić information content (AvgIpc) is 0.918. The molecule has 0 aliphatic rings. The third-order valence-electron chi connectivity index (χ3n) is 0. The van der Waals surface area contributed by atoms with E-state index >= 15 is 0 Å². The van der Waals surface area contributed by atoms with E-state index in [1.165, 1.54) is 0 Å². The minimum absolute atomic E-state index is 0. The van der Waals surface area contributed by atoms with Crippen molar-refractivity contribution in [1.82, 2.24) is 0 Å². The molecule has 0 radical (unpaired) electrons. The summed E-state index contributed by atoms with van der Waals surface area (Å²) in [5, 5.41) is 0. The maximum Gasteiger partial charge on any atom is 1.00 e. The van der Waals surface area contributed by atoms with Crippen LogP contribution < -0.4 is 59.1 Å². The van der Waals surface area contributed by atoms with Gasteiger partial charge in [-0.15, -0.1) is 5.53 Å². The van der Waals surface area contributed by atoms with Gasteiger partial charge in [0.2, 0.25) is 0 Å². The molecular formula is H3N3Na2. The SMILES string of the molecule is [H-].[H-].[N-]=[N+]=N.[Na+].[Na+]. The average molecular weight is 91.0 g/mol. The largest absolute Gasteiger partial charge is 1.00 e. The van der Waals surface area contributed by atoms with E-state index in [0.717, 1.165) is 0 Å². The summed E-state index contributed by atoms with van der Waals surface area (Å²) in [6.45, 7) is 0. The first-order chi connectivity index (χ1) is 1.41. The van der Waals surface area contributed by atoms with Crippen molar-refractivity contribution in [3.8, 4) is 0 Å². The number of hydrogen-bond donors (Lipinski definition) is 1. The second-order valence-electron chi connectivity index (χ2n) is 0.100. The zero-order valence-electron chi connectivity index (χ0n) is 5.39. The molecule has 0 atom stereocenters. The van der Waals surface area contributed by atoms with Crippen LogP contribution in [0.3, 0.4) is 0 Å². The maximum absolute atomic E-state index is 6.86. The second-order valence-corrected chi connectivity index (χ2v) is 0.100. The molecule has 0 heterocycles. The first-order valence-corrected chi connectivity index (χ1v) is 0.424. The van der Waals surface area contributed by atoms with E-state index in [-0.39, 0.29) is 62.0 Å². The molecule has 0 aliphatic carbocycles. The summed E-state index contributed by atoms with van der Waals surface area (Å²) in [6, 6.07) is 0. The molecule has 0 aliphatic heterocycles. The van der Waals surface area contributed by atoms with Gasteiger partial charge in [0, 0.05) is 0 Å². The maximum atomic E-state index is 6.86. The topological polar surface area (TPSA) is 60.3 Å². The number of nitrogens with one attached hydrogen (secondary N) is 1. The monoisotopic (exact) mass is 91.0 g/mol. The normalized spacial score (nSPS) is 1.60. The van der Waals surface area contributed by atoms with Gasteiger partial charge in [0.05, 0.1) is 0 Å². The zero-order valence-corrected chi connectivity index (χ0v) is 7.39. The molecule has 5 heteroatoms. The van der Waals surface area contributed by atoms with E-state index < -0.39 is 0 Å². The van der Waals surface area contributed by atoms with Gasteiger partial charge < -0.3 is 2.85 Å². The van der Waals surface area contributed by atoms with Crippen molar-refractivity contribution in [1.29, 1.82) is 5.53 Å². The fourth-order valence-electron chi connectivity index (χ4n) is 0. The Bertz CT molecular complexity index is 31.9. The van der Waals surface area contributed by atoms with Crippen LogP contribution in [0, 0.1) is 5.53 Å². The van der Waals surface area contributed by atoms with Gasteiger partial charge in [0.15, 0.2) is 0 Å². The van der Waals surface area contributed by atoms with Crippen LogP contribution in [0.1, 0.15) is 2.85 Å². The molecule has 0 spiro atoms. The van der Waals surface area contributed by atoms with Crippen molar-refractivity contribution in [2.45, 2.75) is 0 Å². The number of nitrogens with zero attached hydrogens (tertiary/aromatic N) is 2. The van der Waals surface area contributed by atoms with E-state index in [4.69, 9.17) is 11.1 Å². The quantitative estimate of drug-likeness (QED) is 0.134. The van der Waals surface area contributed by atoms with Crippen molar-refractivity contribution >= 4 is 0 Å². The minimum atomic E-state index is 0. The van der Waals surface area contributed by atoms with Crippen LogP contribution in [0.5, 0.6) is 0 Å². The Balaban J connectivity index is -0.00000000333. The molecule has 0 amide bonds. The van der Waals surface area contributed by atoms with Crippen molar-refractivity contribution in [3.05, 3.63) is 10.4 Å². The summed E-state index contributed by atoms with van der Waals surface area (Å²) in [4.78, 5) is 1.75. The first kappa shape index (κ1) is 16.2. The smallest absolute Gasteiger partial charge is 1.00 e. The van der Waals surface area contributed by atoms with E-state index in [0.29, 0.717) is 0 Å². The second kappa shape index (κ2) is 18.5. The Kier molecular flexibility index (Phi) is 60.0. The summed E-state index contributed by atoms with van der Waals surface area (Å²) in [6.07, 6.45) is 0. The predicted octanol–water partition coefficient (Wildman–Crippen LogP) is -4.89. The van der Waals surface area contributed by atoms with Gasteiger partial charge in [-0.25, -0.2) is 0 Å². The number of hydrogen-bond acceptors (Lipinski definition) is 1. The third-order valence-corrected chi connectivity index (χ3v) is 0. The Morgan fingerprint density at radius 2 is 1.60 bits per heavy atom. The Morgan fingerprint density at radius 1 is 1.60 bits per heavy atom. The Labute approximate surface area is 77.1 Å². The molecular weight excluding hydrogens is 88.0 g/mol. The van der Waals surface area contributed by atoms with Crippen LogP contribution in [0.2, 0.25) is 0 Å². The zero-order chi connectivity index (χ0) is 2.71. The standard InChI is InChI=1S/HN3.2Na.2H/c1-3-2;;;;/h1H;;;;/q;2*+1;2*-1. The van der Waals surface area contributed by atoms with Crippen molar-refractivity contribution in [2.75, 3.05) is 0 Å². The third kappa shape index (κ3) is 33.9. The Morgan fingerprint density at radius 3 is 1.60 bits per heavy atom. The van der Waals surface area contributed by atoms with Gasteiger partial charge in [-0.2, -0.15) is 0 Å². The van der Waals surface area contributed by atoms with E-state index in [1.54, 1.807) is 4.91 Å². The first-order valence-electron chi connectivity index (χ1n) is 0.424. The molecule has 5 heavy (non-hydrogen) atoms. The van der Waals surface area contributed by atoms with Crippen LogP contribution in [0.4, 0.5) is 0 Å². The van der Waals surface area contributed by atoms with E-state index in [2.05, 4.69) is 0 Å². The molecule has 0 bridgehead atoms. The summed E-state index contributed by atoms with van der Waals surface area (Å²) >= 11 is 0. The van der Waals surface area contributed by atoms with Gasteiger partial charge in [0.25, 0.3) is 0 Å². The van der Waals surface area contributed by atoms with E-state index in [1.807, 2.05) is 0 Å². The van der Waals surface area contributed by atoms with Crippen molar-refractivity contribution in [2.24, 2.45) is 0 Å². The van der Waals surface area contributed by atoms with Crippen molar-refractivity contribution in [3.63, 3.8) is 0 Å². The van der Waals surface area contributed by atoms with Gasteiger partial charge in [-0.1, -0.05) is 0 Å². The van der Waals surface area contributed by atoms with E-state index in [9.17, 15) is 0 Å². The molecule has 0 saturated heterocycles. The van der Waals surface area contributed by atoms with Crippen molar-refractivity contribution < 1.29 is 62.0 Å². The summed E-state index contributed by atoms with van der Waals surface area (Å²) < 4.78 is 0. The molecule has 0 rings (SSSR count). The van der Waals surface area contributed by atoms with Crippen LogP contribution in [-0.2, 0) is 0 Å². The molecule has 0 aromatic rings. The molecule has 0 saturated carbocycles. The van der Waals surface area contributed by atoms with Gasteiger partial charge in [-0.05, 0) is 10.4 Å². The molecule has 1 N–H and O–H groups in total. The van der Waals surface area contributed by atoms with Crippen LogP contribution >= 0.6 is 0 Å². The van der Waals surface area contributed by atoms with Gasteiger partial charge >= 0.3 is 59.1 Å². The fourth-order valence-corrected chi connectivity index (χ4v) is 0. The van der Waals surface area contributed by atoms with Gasteiger partial charge in [-0.3, -0.25) is 0 Å². The predicted molar refractivity (Wildman–Crippen MR) is 11.7 cm³/mol. The van der Waals surface area contributed by atoms with Crippen LogP contribution in [0.25, 0.3) is 10.4 Å². The fraction of sp³-hybridized carbons (Fsp3) is 0. The molecule has 20 valence electrons. The Hall–Kier alpha value is 1.31. The summed E-state index contributed by atoms with van der Waals surface area (Å²) in [5.41, 5.74) is 12.2. The summed E-state index contributed by atoms with van der Waals surface area (Å²) in [7, 11) is 0. The van der Waals surface area contributed by atoms with Gasteiger partial charge in [0.1, 0.15) is 0 Å². The molecule has 0 aromatic heterocycles. The molecule has 3 nitrogen and oxygen atoms in total. The molecule has 0 fully saturated rings. The minimum Gasteiger partial charge on any atom is -1.00 e.